The van der Waals surface area contributed by atoms with Gasteiger partial charge in [-0.1, -0.05) is 53.4 Å². The Bertz CT molecular complexity index is 369. The van der Waals surface area contributed by atoms with Crippen LogP contribution in [0.4, 0.5) is 0 Å². The first-order valence-corrected chi connectivity index (χ1v) is 9.51. The van der Waals surface area contributed by atoms with Crippen molar-refractivity contribution in [2.75, 3.05) is 26.2 Å². The molecule has 0 aliphatic carbocycles. The molecular formula is C20H39BN4. The standard InChI is InChI=1S/C16H36N.C4H3BN3/c1-5-9-13-17(14-10-6-2,15-11-7-3)16-12-8-4;5-4(1-6,2-7)3-8/h5-16H2,1-4H3;5H3/q+1;-1. The molecule has 0 aromatic carbocycles. The number of rotatable bonds is 12. The second kappa shape index (κ2) is 16.0. The Morgan fingerprint density at radius 1 is 0.640 bits per heavy atom. The van der Waals surface area contributed by atoms with Crippen molar-refractivity contribution in [3.63, 3.8) is 0 Å². The highest BCUT2D eigenvalue weighted by Crippen LogP contribution is 2.16. The summed E-state index contributed by atoms with van der Waals surface area (Å²) in [5.74, 6) is 0. The van der Waals surface area contributed by atoms with Crippen molar-refractivity contribution in [2.45, 2.75) is 84.4 Å². The zero-order chi connectivity index (χ0) is 19.6. The lowest BCUT2D eigenvalue weighted by Gasteiger charge is -2.39. The summed E-state index contributed by atoms with van der Waals surface area (Å²) in [6.45, 7) is 15.0. The molecule has 0 N–H and O–H groups in total. The molecule has 4 nitrogen and oxygen atoms in total. The lowest BCUT2D eigenvalue weighted by atomic mass is 9.73. The zero-order valence-corrected chi connectivity index (χ0v) is 16.3. The number of hydrogen-bond donors (Lipinski definition) is 0. The molecule has 0 saturated heterocycles. The number of hydrogen-bond acceptors (Lipinski definition) is 3. The average Bonchev–Trinajstić information content (AvgIpc) is 2.66. The van der Waals surface area contributed by atoms with Gasteiger partial charge in [0, 0.05) is 7.85 Å². The van der Waals surface area contributed by atoms with Gasteiger partial charge >= 0.3 is 0 Å². The molecule has 0 radical (unpaired) electrons. The molecule has 0 atom stereocenters. The van der Waals surface area contributed by atoms with Gasteiger partial charge in [-0.05, 0) is 25.7 Å². The van der Waals surface area contributed by atoms with E-state index in [0.29, 0.717) is 0 Å². The van der Waals surface area contributed by atoms with Gasteiger partial charge in [-0.25, -0.2) is 0 Å². The van der Waals surface area contributed by atoms with Crippen LogP contribution in [-0.4, -0.2) is 38.5 Å². The first kappa shape index (κ1) is 25.7. The molecular weight excluding hydrogens is 307 g/mol. The molecule has 0 aromatic heterocycles. The van der Waals surface area contributed by atoms with Gasteiger partial charge in [-0.3, -0.25) is 0 Å². The van der Waals surface area contributed by atoms with Crippen LogP contribution in [0.25, 0.3) is 0 Å². The fourth-order valence-electron chi connectivity index (χ4n) is 2.72. The molecule has 0 heterocycles. The minimum Gasteiger partial charge on any atom is -0.324 e. The Hall–Kier alpha value is -1.51. The summed E-state index contributed by atoms with van der Waals surface area (Å²) in [5, 5.41) is 23.3. The van der Waals surface area contributed by atoms with Crippen LogP contribution in [0.1, 0.15) is 79.1 Å². The fourth-order valence-corrected chi connectivity index (χ4v) is 2.72. The molecule has 0 rings (SSSR count). The van der Waals surface area contributed by atoms with Gasteiger partial charge in [-0.2, -0.15) is 15.8 Å². The lowest BCUT2D eigenvalue weighted by Crippen LogP contribution is -2.50. The maximum Gasteiger partial charge on any atom is 0.0922 e. The van der Waals surface area contributed by atoms with Crippen molar-refractivity contribution in [1.82, 2.24) is 0 Å². The van der Waals surface area contributed by atoms with Crippen LogP contribution in [-0.2, 0) is 0 Å². The van der Waals surface area contributed by atoms with Crippen molar-refractivity contribution < 1.29 is 4.48 Å². The van der Waals surface area contributed by atoms with E-state index in [4.69, 9.17) is 15.8 Å². The Morgan fingerprint density at radius 2 is 0.880 bits per heavy atom. The third-order valence-corrected chi connectivity index (χ3v) is 4.28. The largest absolute Gasteiger partial charge is 0.324 e. The zero-order valence-electron chi connectivity index (χ0n) is 16.3. The normalized spacial score (nSPS) is 10.8. The highest BCUT2D eigenvalue weighted by atomic mass is 15.3. The molecule has 0 aliphatic rings. The maximum atomic E-state index is 8.15. The number of nitriles is 3. The van der Waals surface area contributed by atoms with Gasteiger partial charge in [0.25, 0.3) is 0 Å². The van der Waals surface area contributed by atoms with Gasteiger partial charge in [0.2, 0.25) is 0 Å². The van der Waals surface area contributed by atoms with Gasteiger partial charge in [0.15, 0.2) is 0 Å². The van der Waals surface area contributed by atoms with Crippen LogP contribution in [0.15, 0.2) is 0 Å². The van der Waals surface area contributed by atoms with Crippen LogP contribution in [0, 0.1) is 34.0 Å². The Balaban J connectivity index is 0. The van der Waals surface area contributed by atoms with Crippen molar-refractivity contribution >= 4 is 7.85 Å². The summed E-state index contributed by atoms with van der Waals surface area (Å²) in [4.78, 5) is 0. The molecule has 0 spiro atoms. The minimum atomic E-state index is -1.21. The minimum absolute atomic E-state index is 0.500. The molecule has 0 amide bonds. The third-order valence-electron chi connectivity index (χ3n) is 4.28. The molecule has 0 fully saturated rings. The van der Waals surface area contributed by atoms with Crippen molar-refractivity contribution in [3.05, 3.63) is 0 Å². The van der Waals surface area contributed by atoms with E-state index in [1.165, 1.54) is 82.0 Å². The summed E-state index contributed by atoms with van der Waals surface area (Å²) in [6.07, 6.45) is 11.1. The fraction of sp³-hybridized carbons (Fsp3) is 0.850. The molecule has 0 unspecified atom stereocenters. The number of quaternary nitrogens is 1. The van der Waals surface area contributed by atoms with E-state index in [0.717, 1.165) is 0 Å². The van der Waals surface area contributed by atoms with Crippen LogP contribution in [0.2, 0.25) is 5.31 Å². The molecule has 25 heavy (non-hydrogen) atoms. The molecule has 0 bridgehead atoms. The number of nitrogens with zero attached hydrogens (tertiary/aromatic N) is 4. The van der Waals surface area contributed by atoms with Crippen LogP contribution < -0.4 is 0 Å². The smallest absolute Gasteiger partial charge is 0.0922 e. The molecule has 5 heteroatoms. The van der Waals surface area contributed by atoms with Crippen molar-refractivity contribution in [1.29, 1.82) is 15.8 Å². The van der Waals surface area contributed by atoms with Crippen molar-refractivity contribution in [3.8, 4) is 18.2 Å². The SMILES string of the molecule is CCCC[N+](CCCC)(CCCC)CCCC.[BH3-]C(C#N)(C#N)C#N. The van der Waals surface area contributed by atoms with Gasteiger partial charge in [0.1, 0.15) is 0 Å². The topological polar surface area (TPSA) is 71.4 Å². The van der Waals surface area contributed by atoms with Crippen LogP contribution in [0.5, 0.6) is 0 Å². The second-order valence-corrected chi connectivity index (χ2v) is 6.36. The van der Waals surface area contributed by atoms with E-state index in [1.807, 2.05) is 0 Å². The van der Waals surface area contributed by atoms with E-state index in [9.17, 15) is 0 Å². The summed E-state index contributed by atoms with van der Waals surface area (Å²) in [7, 11) is -0.500. The van der Waals surface area contributed by atoms with E-state index < -0.39 is 13.2 Å². The highest BCUT2D eigenvalue weighted by Gasteiger charge is 2.24. The Labute approximate surface area is 157 Å². The van der Waals surface area contributed by atoms with Gasteiger partial charge < -0.3 is 4.48 Å². The predicted molar refractivity (Wildman–Crippen MR) is 109 cm³/mol. The number of unbranched alkanes of at least 4 members (excludes halogenated alkanes) is 4. The van der Waals surface area contributed by atoms with Gasteiger partial charge in [0.05, 0.1) is 49.7 Å². The van der Waals surface area contributed by atoms with Gasteiger partial charge in [-0.15, -0.1) is 0 Å². The third kappa shape index (κ3) is 12.5. The average molecular weight is 346 g/mol. The van der Waals surface area contributed by atoms with Crippen molar-refractivity contribution in [2.24, 2.45) is 0 Å². The van der Waals surface area contributed by atoms with E-state index in [-0.39, 0.29) is 0 Å². The van der Waals surface area contributed by atoms with Crippen LogP contribution >= 0.6 is 0 Å². The highest BCUT2D eigenvalue weighted by molar-refractivity contribution is 6.21. The molecule has 142 valence electrons. The summed E-state index contributed by atoms with van der Waals surface area (Å²) < 4.78 is 1.42. The first-order chi connectivity index (χ1) is 11.9. The molecule has 0 saturated carbocycles. The quantitative estimate of drug-likeness (QED) is 0.395. The Morgan fingerprint density at radius 3 is 1.00 bits per heavy atom. The summed E-state index contributed by atoms with van der Waals surface area (Å²) in [5.41, 5.74) is 0. The van der Waals surface area contributed by atoms with Crippen LogP contribution in [0.3, 0.4) is 0 Å². The second-order valence-electron chi connectivity index (χ2n) is 6.36. The monoisotopic (exact) mass is 346 g/mol. The summed E-state index contributed by atoms with van der Waals surface area (Å²) in [6, 6.07) is 5.00. The predicted octanol–water partition coefficient (Wildman–Crippen LogP) is 4.08. The molecule has 0 aromatic rings. The Kier molecular flexibility index (Phi) is 16.5. The van der Waals surface area contributed by atoms with E-state index in [1.54, 1.807) is 18.2 Å². The van der Waals surface area contributed by atoms with E-state index in [2.05, 4.69) is 27.7 Å². The first-order valence-electron chi connectivity index (χ1n) is 9.51. The van der Waals surface area contributed by atoms with E-state index >= 15 is 0 Å². The molecule has 0 aliphatic heterocycles. The summed E-state index contributed by atoms with van der Waals surface area (Å²) >= 11 is 0. The maximum absolute atomic E-state index is 8.15. The lowest BCUT2D eigenvalue weighted by molar-refractivity contribution is -0.929.